The number of hydrogen-bond donors (Lipinski definition) is 2. The van der Waals surface area contributed by atoms with Gasteiger partial charge in [-0.2, -0.15) is 0 Å². The summed E-state index contributed by atoms with van der Waals surface area (Å²) >= 11 is 0. The maximum Gasteiger partial charge on any atom is 0.306 e. The highest BCUT2D eigenvalue weighted by molar-refractivity contribution is 5.70. The molecular formula is C18H28O4. The van der Waals surface area contributed by atoms with Gasteiger partial charge in [-0.05, 0) is 36.5 Å². The van der Waals surface area contributed by atoms with Crippen LogP contribution in [0.5, 0.6) is 11.5 Å². The van der Waals surface area contributed by atoms with Crippen molar-refractivity contribution in [2.75, 3.05) is 7.11 Å². The molecule has 4 heteroatoms. The van der Waals surface area contributed by atoms with Crippen LogP contribution in [-0.2, 0) is 11.2 Å². The molecule has 0 radical (unpaired) electrons. The second kappa shape index (κ2) is 9.34. The molecule has 0 saturated carbocycles. The zero-order valence-corrected chi connectivity index (χ0v) is 13.8. The summed E-state index contributed by atoms with van der Waals surface area (Å²) in [5, 5.41) is 19.0. The Balaban J connectivity index is 2.52. The standard InChI is InChI=1S/C18H28O4/c1-13(2)7-5-4-6-8-15(18(20)21)11-14-9-10-16(19)17(12-14)22-3/h9-10,12-13,15,19H,4-8,11H2,1-3H3,(H,20,21). The van der Waals surface area contributed by atoms with E-state index in [1.165, 1.54) is 13.5 Å². The van der Waals surface area contributed by atoms with Crippen molar-refractivity contribution in [1.29, 1.82) is 0 Å². The molecule has 1 aromatic rings. The molecule has 0 fully saturated rings. The van der Waals surface area contributed by atoms with E-state index < -0.39 is 5.97 Å². The number of ether oxygens (including phenoxy) is 1. The Hall–Kier alpha value is -1.71. The molecule has 0 aromatic heterocycles. The van der Waals surface area contributed by atoms with E-state index >= 15 is 0 Å². The van der Waals surface area contributed by atoms with E-state index in [1.54, 1.807) is 18.2 Å². The largest absolute Gasteiger partial charge is 0.504 e. The van der Waals surface area contributed by atoms with Crippen LogP contribution in [0.4, 0.5) is 0 Å². The maximum absolute atomic E-state index is 11.4. The van der Waals surface area contributed by atoms with Crippen LogP contribution < -0.4 is 4.74 Å². The molecule has 0 amide bonds. The summed E-state index contributed by atoms with van der Waals surface area (Å²) in [6, 6.07) is 5.02. The highest BCUT2D eigenvalue weighted by atomic mass is 16.5. The van der Waals surface area contributed by atoms with E-state index in [-0.39, 0.29) is 11.7 Å². The van der Waals surface area contributed by atoms with Crippen LogP contribution in [0.25, 0.3) is 0 Å². The van der Waals surface area contributed by atoms with Crippen molar-refractivity contribution in [3.8, 4) is 11.5 Å². The summed E-state index contributed by atoms with van der Waals surface area (Å²) < 4.78 is 5.07. The average molecular weight is 308 g/mol. The highest BCUT2D eigenvalue weighted by Gasteiger charge is 2.18. The van der Waals surface area contributed by atoms with Crippen molar-refractivity contribution in [2.24, 2.45) is 11.8 Å². The summed E-state index contributed by atoms with van der Waals surface area (Å²) in [4.78, 5) is 11.4. The van der Waals surface area contributed by atoms with Gasteiger partial charge in [0.1, 0.15) is 0 Å². The number of carboxylic acid groups (broad SMARTS) is 1. The first-order chi connectivity index (χ1) is 10.4. The minimum atomic E-state index is -0.754. The number of aromatic hydroxyl groups is 1. The first-order valence-corrected chi connectivity index (χ1v) is 8.02. The quantitative estimate of drug-likeness (QED) is 0.634. The number of aliphatic carboxylic acids is 1. The first kappa shape index (κ1) is 18.3. The molecular weight excluding hydrogens is 280 g/mol. The normalized spacial score (nSPS) is 12.4. The van der Waals surface area contributed by atoms with Crippen LogP contribution in [0.15, 0.2) is 18.2 Å². The predicted molar refractivity (Wildman–Crippen MR) is 87.4 cm³/mol. The van der Waals surface area contributed by atoms with E-state index in [4.69, 9.17) is 4.74 Å². The number of unbranched alkanes of at least 4 members (excludes halogenated alkanes) is 2. The molecule has 1 aromatic carbocycles. The number of rotatable bonds is 10. The second-order valence-electron chi connectivity index (χ2n) is 6.28. The number of phenolic OH excluding ortho intramolecular Hbond substituents is 1. The highest BCUT2D eigenvalue weighted by Crippen LogP contribution is 2.28. The van der Waals surface area contributed by atoms with Crippen molar-refractivity contribution in [3.63, 3.8) is 0 Å². The molecule has 1 unspecified atom stereocenters. The third-order valence-corrected chi connectivity index (χ3v) is 3.91. The molecule has 0 saturated heterocycles. The van der Waals surface area contributed by atoms with Crippen molar-refractivity contribution in [3.05, 3.63) is 23.8 Å². The molecule has 0 bridgehead atoms. The van der Waals surface area contributed by atoms with Gasteiger partial charge in [-0.15, -0.1) is 0 Å². The van der Waals surface area contributed by atoms with E-state index in [0.717, 1.165) is 24.8 Å². The maximum atomic E-state index is 11.4. The topological polar surface area (TPSA) is 66.8 Å². The first-order valence-electron chi connectivity index (χ1n) is 8.02. The summed E-state index contributed by atoms with van der Waals surface area (Å²) in [5.41, 5.74) is 0.879. The Morgan fingerprint density at radius 2 is 1.86 bits per heavy atom. The van der Waals surface area contributed by atoms with Crippen LogP contribution in [0.1, 0.15) is 51.5 Å². The minimum absolute atomic E-state index is 0.0758. The monoisotopic (exact) mass is 308 g/mol. The molecule has 1 atom stereocenters. The molecule has 0 aliphatic carbocycles. The van der Waals surface area contributed by atoms with Gasteiger partial charge < -0.3 is 14.9 Å². The molecule has 0 heterocycles. The molecule has 4 nitrogen and oxygen atoms in total. The van der Waals surface area contributed by atoms with Gasteiger partial charge in [-0.1, -0.05) is 45.6 Å². The Labute approximate surface area is 133 Å². The number of hydrogen-bond acceptors (Lipinski definition) is 3. The number of benzene rings is 1. The van der Waals surface area contributed by atoms with Gasteiger partial charge in [0, 0.05) is 0 Å². The third kappa shape index (κ3) is 6.37. The molecule has 2 N–H and O–H groups in total. The predicted octanol–water partition coefficient (Wildman–Crippen LogP) is 4.25. The molecule has 124 valence electrons. The van der Waals surface area contributed by atoms with Gasteiger partial charge >= 0.3 is 5.97 Å². The van der Waals surface area contributed by atoms with Gasteiger partial charge in [0.05, 0.1) is 13.0 Å². The lowest BCUT2D eigenvalue weighted by atomic mass is 9.93. The molecule has 1 rings (SSSR count). The molecule has 0 aliphatic rings. The van der Waals surface area contributed by atoms with Gasteiger partial charge in [0.15, 0.2) is 11.5 Å². The Morgan fingerprint density at radius 1 is 1.18 bits per heavy atom. The fraction of sp³-hybridized carbons (Fsp3) is 0.611. The lowest BCUT2D eigenvalue weighted by molar-refractivity contribution is -0.142. The number of methoxy groups -OCH3 is 1. The second-order valence-corrected chi connectivity index (χ2v) is 6.28. The van der Waals surface area contributed by atoms with Gasteiger partial charge in [-0.3, -0.25) is 4.79 Å². The van der Waals surface area contributed by atoms with Crippen LogP contribution in [0, 0.1) is 11.8 Å². The lowest BCUT2D eigenvalue weighted by Gasteiger charge is -2.14. The van der Waals surface area contributed by atoms with Crippen LogP contribution >= 0.6 is 0 Å². The van der Waals surface area contributed by atoms with E-state index in [1.807, 2.05) is 0 Å². The number of carbonyl (C=O) groups is 1. The van der Waals surface area contributed by atoms with Gasteiger partial charge in [0.2, 0.25) is 0 Å². The molecule has 0 spiro atoms. The molecule has 0 aliphatic heterocycles. The number of carboxylic acids is 1. The third-order valence-electron chi connectivity index (χ3n) is 3.91. The van der Waals surface area contributed by atoms with Crippen LogP contribution in [0.2, 0.25) is 0 Å². The van der Waals surface area contributed by atoms with E-state index in [2.05, 4.69) is 13.8 Å². The average Bonchev–Trinajstić information content (AvgIpc) is 2.46. The van der Waals surface area contributed by atoms with Gasteiger partial charge in [-0.25, -0.2) is 0 Å². The smallest absolute Gasteiger partial charge is 0.306 e. The number of phenols is 1. The summed E-state index contributed by atoms with van der Waals surface area (Å²) in [7, 11) is 1.49. The zero-order valence-electron chi connectivity index (χ0n) is 13.8. The van der Waals surface area contributed by atoms with Crippen molar-refractivity contribution in [2.45, 2.75) is 52.4 Å². The minimum Gasteiger partial charge on any atom is -0.504 e. The Kier molecular flexibility index (Phi) is 7.78. The Morgan fingerprint density at radius 3 is 2.45 bits per heavy atom. The van der Waals surface area contributed by atoms with Crippen molar-refractivity contribution < 1.29 is 19.7 Å². The summed E-state index contributed by atoms with van der Waals surface area (Å²) in [6.45, 7) is 4.41. The van der Waals surface area contributed by atoms with E-state index in [9.17, 15) is 15.0 Å². The van der Waals surface area contributed by atoms with Crippen molar-refractivity contribution in [1.82, 2.24) is 0 Å². The van der Waals surface area contributed by atoms with Crippen LogP contribution in [0.3, 0.4) is 0 Å². The Bertz CT molecular complexity index is 468. The lowest BCUT2D eigenvalue weighted by Crippen LogP contribution is -2.16. The van der Waals surface area contributed by atoms with Gasteiger partial charge in [0.25, 0.3) is 0 Å². The fourth-order valence-corrected chi connectivity index (χ4v) is 2.57. The zero-order chi connectivity index (χ0) is 16.5. The molecule has 22 heavy (non-hydrogen) atoms. The SMILES string of the molecule is COc1cc(CC(CCCCCC(C)C)C(=O)O)ccc1O. The summed E-state index contributed by atoms with van der Waals surface area (Å²) in [5.74, 6) is 0.0364. The summed E-state index contributed by atoms with van der Waals surface area (Å²) in [6.07, 6.45) is 5.55. The fourth-order valence-electron chi connectivity index (χ4n) is 2.57. The van der Waals surface area contributed by atoms with Crippen molar-refractivity contribution >= 4 is 5.97 Å². The van der Waals surface area contributed by atoms with E-state index in [0.29, 0.717) is 24.5 Å². The van der Waals surface area contributed by atoms with Crippen LogP contribution in [-0.4, -0.2) is 23.3 Å².